The van der Waals surface area contributed by atoms with Crippen LogP contribution in [0.15, 0.2) is 30.3 Å². The quantitative estimate of drug-likeness (QED) is 0.767. The topological polar surface area (TPSA) is 12.0 Å². The lowest BCUT2D eigenvalue weighted by Gasteiger charge is -2.19. The molecule has 1 N–H and O–H groups in total. The summed E-state index contributed by atoms with van der Waals surface area (Å²) in [4.78, 5) is 0. The van der Waals surface area contributed by atoms with Crippen LogP contribution < -0.4 is 5.32 Å². The summed E-state index contributed by atoms with van der Waals surface area (Å²) < 4.78 is 0. The van der Waals surface area contributed by atoms with Gasteiger partial charge in [0, 0.05) is 12.1 Å². The Labute approximate surface area is 86.5 Å². The second kappa shape index (κ2) is 4.14. The van der Waals surface area contributed by atoms with Crippen molar-refractivity contribution in [2.75, 3.05) is 0 Å². The van der Waals surface area contributed by atoms with Gasteiger partial charge in [-0.3, -0.25) is 0 Å². The molecule has 1 aromatic carbocycles. The zero-order chi connectivity index (χ0) is 9.97. The molecule has 1 unspecified atom stereocenters. The smallest absolute Gasteiger partial charge is 0.0294 e. The third kappa shape index (κ3) is 2.36. The summed E-state index contributed by atoms with van der Waals surface area (Å²) in [5.74, 6) is 0.932. The van der Waals surface area contributed by atoms with Crippen molar-refractivity contribution in [3.05, 3.63) is 35.9 Å². The van der Waals surface area contributed by atoms with Crippen LogP contribution in [-0.4, -0.2) is 6.04 Å². The molecule has 1 aliphatic carbocycles. The summed E-state index contributed by atoms with van der Waals surface area (Å²) in [6.45, 7) is 4.55. The molecular formula is C13H19N. The Morgan fingerprint density at radius 3 is 2.36 bits per heavy atom. The highest BCUT2D eigenvalue weighted by Crippen LogP contribution is 2.33. The van der Waals surface area contributed by atoms with E-state index in [9.17, 15) is 0 Å². The monoisotopic (exact) mass is 189 g/mol. The molecule has 1 saturated carbocycles. The van der Waals surface area contributed by atoms with Gasteiger partial charge in [0.05, 0.1) is 0 Å². The molecule has 76 valence electrons. The van der Waals surface area contributed by atoms with Crippen LogP contribution in [0, 0.1) is 5.92 Å². The van der Waals surface area contributed by atoms with Crippen molar-refractivity contribution >= 4 is 0 Å². The third-order valence-corrected chi connectivity index (χ3v) is 3.14. The van der Waals surface area contributed by atoms with Crippen LogP contribution in [0.25, 0.3) is 0 Å². The molecule has 0 heterocycles. The zero-order valence-electron chi connectivity index (χ0n) is 9.03. The van der Waals surface area contributed by atoms with Gasteiger partial charge in [0.2, 0.25) is 0 Å². The van der Waals surface area contributed by atoms with Crippen molar-refractivity contribution in [3.63, 3.8) is 0 Å². The van der Waals surface area contributed by atoms with Gasteiger partial charge in [0.25, 0.3) is 0 Å². The predicted octanol–water partition coefficient (Wildman–Crippen LogP) is 3.14. The molecule has 1 aliphatic rings. The van der Waals surface area contributed by atoms with Crippen LogP contribution in [0.3, 0.4) is 0 Å². The van der Waals surface area contributed by atoms with Gasteiger partial charge in [-0.15, -0.1) is 0 Å². The summed E-state index contributed by atoms with van der Waals surface area (Å²) in [6, 6.07) is 11.8. The molecule has 0 radical (unpaired) electrons. The predicted molar refractivity (Wildman–Crippen MR) is 60.2 cm³/mol. The van der Waals surface area contributed by atoms with Crippen LogP contribution in [0.5, 0.6) is 0 Å². The first-order chi connectivity index (χ1) is 6.77. The number of benzene rings is 1. The van der Waals surface area contributed by atoms with Crippen LogP contribution in [0.2, 0.25) is 0 Å². The maximum absolute atomic E-state index is 3.66. The second-order valence-corrected chi connectivity index (χ2v) is 4.43. The van der Waals surface area contributed by atoms with E-state index in [1.165, 1.54) is 18.4 Å². The van der Waals surface area contributed by atoms with Crippen molar-refractivity contribution in [2.24, 2.45) is 5.92 Å². The van der Waals surface area contributed by atoms with E-state index < -0.39 is 0 Å². The van der Waals surface area contributed by atoms with Crippen LogP contribution in [-0.2, 0) is 0 Å². The maximum Gasteiger partial charge on any atom is 0.0294 e. The highest BCUT2D eigenvalue weighted by Gasteiger charge is 2.28. The number of nitrogens with one attached hydrogen (secondary N) is 1. The Bertz CT molecular complexity index is 277. The molecule has 2 atom stereocenters. The lowest BCUT2D eigenvalue weighted by atomic mass is 10.1. The van der Waals surface area contributed by atoms with Gasteiger partial charge in [-0.1, -0.05) is 30.3 Å². The number of rotatable bonds is 4. The molecule has 14 heavy (non-hydrogen) atoms. The third-order valence-electron chi connectivity index (χ3n) is 3.14. The van der Waals surface area contributed by atoms with E-state index in [0.717, 1.165) is 5.92 Å². The Morgan fingerprint density at radius 2 is 1.79 bits per heavy atom. The maximum atomic E-state index is 3.66. The summed E-state index contributed by atoms with van der Waals surface area (Å²) in [5.41, 5.74) is 1.39. The molecule has 1 heteroatoms. The standard InChI is InChI=1S/C13H19N/c1-10(12-6-4-3-5-7-12)14-11(2)13-8-9-13/h3-7,10-11,13-14H,8-9H2,1-2H3/t10-,11?/m0/s1. The average molecular weight is 189 g/mol. The Balaban J connectivity index is 1.91. The fourth-order valence-electron chi connectivity index (χ4n) is 1.96. The highest BCUT2D eigenvalue weighted by atomic mass is 15.0. The lowest BCUT2D eigenvalue weighted by molar-refractivity contribution is 0.441. The molecule has 0 aromatic heterocycles. The lowest BCUT2D eigenvalue weighted by Crippen LogP contribution is -2.30. The largest absolute Gasteiger partial charge is 0.307 e. The first-order valence-corrected chi connectivity index (χ1v) is 5.58. The second-order valence-electron chi connectivity index (χ2n) is 4.43. The van der Waals surface area contributed by atoms with Crippen molar-refractivity contribution in [1.82, 2.24) is 5.32 Å². The first kappa shape index (κ1) is 9.72. The minimum atomic E-state index is 0.479. The minimum Gasteiger partial charge on any atom is -0.307 e. The SMILES string of the molecule is CC(N[C@@H](C)c1ccccc1)C1CC1. The van der Waals surface area contributed by atoms with E-state index in [0.29, 0.717) is 12.1 Å². The van der Waals surface area contributed by atoms with Crippen LogP contribution in [0.1, 0.15) is 38.3 Å². The van der Waals surface area contributed by atoms with E-state index >= 15 is 0 Å². The van der Waals surface area contributed by atoms with Gasteiger partial charge >= 0.3 is 0 Å². The van der Waals surface area contributed by atoms with Crippen molar-refractivity contribution in [2.45, 2.75) is 38.8 Å². The summed E-state index contributed by atoms with van der Waals surface area (Å²) >= 11 is 0. The average Bonchev–Trinajstić information content (AvgIpc) is 3.02. The number of hydrogen-bond acceptors (Lipinski definition) is 1. The molecule has 1 nitrogen and oxygen atoms in total. The fourth-order valence-corrected chi connectivity index (χ4v) is 1.96. The zero-order valence-corrected chi connectivity index (χ0v) is 9.03. The van der Waals surface area contributed by atoms with Crippen molar-refractivity contribution in [3.8, 4) is 0 Å². The van der Waals surface area contributed by atoms with E-state index in [2.05, 4.69) is 49.5 Å². The molecule has 0 amide bonds. The molecule has 0 bridgehead atoms. The van der Waals surface area contributed by atoms with Gasteiger partial charge in [-0.05, 0) is 38.2 Å². The fraction of sp³-hybridized carbons (Fsp3) is 0.538. The molecule has 0 saturated heterocycles. The number of hydrogen-bond donors (Lipinski definition) is 1. The van der Waals surface area contributed by atoms with E-state index in [4.69, 9.17) is 0 Å². The van der Waals surface area contributed by atoms with Gasteiger partial charge in [0.15, 0.2) is 0 Å². The van der Waals surface area contributed by atoms with Crippen molar-refractivity contribution < 1.29 is 0 Å². The van der Waals surface area contributed by atoms with Crippen molar-refractivity contribution in [1.29, 1.82) is 0 Å². The molecule has 1 aromatic rings. The molecule has 0 aliphatic heterocycles. The summed E-state index contributed by atoms with van der Waals surface area (Å²) in [5, 5.41) is 3.66. The molecule has 0 spiro atoms. The van der Waals surface area contributed by atoms with Crippen LogP contribution in [0.4, 0.5) is 0 Å². The first-order valence-electron chi connectivity index (χ1n) is 5.58. The Hall–Kier alpha value is -0.820. The highest BCUT2D eigenvalue weighted by molar-refractivity contribution is 5.18. The van der Waals surface area contributed by atoms with Gasteiger partial charge in [-0.25, -0.2) is 0 Å². The minimum absolute atomic E-state index is 0.479. The van der Waals surface area contributed by atoms with Gasteiger partial charge in [-0.2, -0.15) is 0 Å². The summed E-state index contributed by atoms with van der Waals surface area (Å²) in [7, 11) is 0. The van der Waals surface area contributed by atoms with E-state index in [1.54, 1.807) is 0 Å². The van der Waals surface area contributed by atoms with E-state index in [1.807, 2.05) is 0 Å². The molecule has 1 fully saturated rings. The molecule has 2 rings (SSSR count). The Kier molecular flexibility index (Phi) is 2.87. The molecular weight excluding hydrogens is 170 g/mol. The van der Waals surface area contributed by atoms with Gasteiger partial charge < -0.3 is 5.32 Å². The van der Waals surface area contributed by atoms with Gasteiger partial charge in [0.1, 0.15) is 0 Å². The van der Waals surface area contributed by atoms with Crippen LogP contribution >= 0.6 is 0 Å². The summed E-state index contributed by atoms with van der Waals surface area (Å²) in [6.07, 6.45) is 2.82. The Morgan fingerprint density at radius 1 is 1.14 bits per heavy atom. The van der Waals surface area contributed by atoms with E-state index in [-0.39, 0.29) is 0 Å². The normalized spacial score (nSPS) is 20.4.